The highest BCUT2D eigenvalue weighted by Crippen LogP contribution is 2.08. The molecule has 1 aromatic rings. The number of rotatable bonds is 4. The third-order valence-corrected chi connectivity index (χ3v) is 2.11. The quantitative estimate of drug-likeness (QED) is 0.781. The molecular formula is C12H16FN. The minimum atomic E-state index is -0.197. The number of benzene rings is 1. The van der Waals surface area contributed by atoms with Gasteiger partial charge in [0, 0.05) is 0 Å². The zero-order valence-electron chi connectivity index (χ0n) is 8.41. The van der Waals surface area contributed by atoms with Crippen molar-refractivity contribution in [3.8, 4) is 0 Å². The van der Waals surface area contributed by atoms with Gasteiger partial charge in [0.2, 0.25) is 0 Å². The molecule has 1 atom stereocenters. The maximum atomic E-state index is 12.6. The highest BCUT2D eigenvalue weighted by atomic mass is 19.1. The molecule has 0 aliphatic carbocycles. The molecule has 0 bridgehead atoms. The number of hydrogen-bond acceptors (Lipinski definition) is 1. The lowest BCUT2D eigenvalue weighted by Gasteiger charge is -2.02. The van der Waals surface area contributed by atoms with Gasteiger partial charge in [-0.05, 0) is 36.6 Å². The number of hydrogen-bond donors (Lipinski definition) is 1. The average molecular weight is 193 g/mol. The van der Waals surface area contributed by atoms with Gasteiger partial charge in [-0.15, -0.1) is 0 Å². The molecule has 0 saturated carbocycles. The normalized spacial score (nSPS) is 13.4. The summed E-state index contributed by atoms with van der Waals surface area (Å²) in [7, 11) is 0. The number of halogens is 1. The Hall–Kier alpha value is -1.15. The highest BCUT2D eigenvalue weighted by Gasteiger charge is 1.94. The third kappa shape index (κ3) is 3.71. The van der Waals surface area contributed by atoms with Crippen LogP contribution in [0.4, 0.5) is 4.39 Å². The van der Waals surface area contributed by atoms with Crippen LogP contribution in [-0.2, 0) is 0 Å². The molecule has 1 rings (SSSR count). The second kappa shape index (κ2) is 5.55. The first-order valence-corrected chi connectivity index (χ1v) is 4.86. The van der Waals surface area contributed by atoms with Gasteiger partial charge in [-0.2, -0.15) is 0 Å². The van der Waals surface area contributed by atoms with Crippen LogP contribution < -0.4 is 5.73 Å². The van der Waals surface area contributed by atoms with Crippen LogP contribution in [0, 0.1) is 11.7 Å². The minimum absolute atomic E-state index is 0.197. The van der Waals surface area contributed by atoms with Crippen molar-refractivity contribution in [2.45, 2.75) is 13.3 Å². The van der Waals surface area contributed by atoms with Crippen LogP contribution in [0.5, 0.6) is 0 Å². The van der Waals surface area contributed by atoms with Crippen LogP contribution in [0.1, 0.15) is 18.9 Å². The Kier molecular flexibility index (Phi) is 4.33. The van der Waals surface area contributed by atoms with E-state index in [1.54, 1.807) is 12.1 Å². The van der Waals surface area contributed by atoms with Crippen molar-refractivity contribution < 1.29 is 4.39 Å². The molecule has 0 aliphatic rings. The zero-order chi connectivity index (χ0) is 10.4. The fraction of sp³-hybridized carbons (Fsp3) is 0.333. The highest BCUT2D eigenvalue weighted by molar-refractivity contribution is 5.49. The van der Waals surface area contributed by atoms with Crippen molar-refractivity contribution in [1.29, 1.82) is 0 Å². The van der Waals surface area contributed by atoms with E-state index >= 15 is 0 Å². The Morgan fingerprint density at radius 2 is 2.00 bits per heavy atom. The Balaban J connectivity index is 2.55. The molecular weight excluding hydrogens is 177 g/mol. The van der Waals surface area contributed by atoms with Crippen molar-refractivity contribution >= 4 is 6.08 Å². The van der Waals surface area contributed by atoms with Gasteiger partial charge in [0.1, 0.15) is 5.82 Å². The van der Waals surface area contributed by atoms with Gasteiger partial charge < -0.3 is 5.73 Å². The number of allylic oxidation sites excluding steroid dienone is 1. The van der Waals surface area contributed by atoms with E-state index in [1.807, 2.05) is 6.08 Å². The van der Waals surface area contributed by atoms with Crippen LogP contribution in [0.2, 0.25) is 0 Å². The van der Waals surface area contributed by atoms with E-state index in [9.17, 15) is 4.39 Å². The van der Waals surface area contributed by atoms with Crippen molar-refractivity contribution in [3.63, 3.8) is 0 Å². The molecule has 2 N–H and O–H groups in total. The first-order valence-electron chi connectivity index (χ1n) is 4.86. The van der Waals surface area contributed by atoms with E-state index in [0.717, 1.165) is 12.0 Å². The van der Waals surface area contributed by atoms with Crippen LogP contribution in [0.15, 0.2) is 30.3 Å². The first-order chi connectivity index (χ1) is 6.72. The molecule has 0 amide bonds. The van der Waals surface area contributed by atoms with Gasteiger partial charge in [-0.25, -0.2) is 4.39 Å². The predicted octanol–water partition coefficient (Wildman–Crippen LogP) is 2.82. The number of nitrogens with two attached hydrogens (primary N) is 1. The molecule has 0 spiro atoms. The molecule has 0 aromatic heterocycles. The van der Waals surface area contributed by atoms with E-state index in [4.69, 9.17) is 5.73 Å². The van der Waals surface area contributed by atoms with Gasteiger partial charge in [0.25, 0.3) is 0 Å². The maximum Gasteiger partial charge on any atom is 0.123 e. The molecule has 0 fully saturated rings. The van der Waals surface area contributed by atoms with E-state index in [-0.39, 0.29) is 5.82 Å². The lowest BCUT2D eigenvalue weighted by Crippen LogP contribution is -2.03. The second-order valence-electron chi connectivity index (χ2n) is 3.47. The molecule has 14 heavy (non-hydrogen) atoms. The SMILES string of the molecule is CC(/C=C/c1ccc(F)cc1)CCN. The van der Waals surface area contributed by atoms with Crippen LogP contribution in [-0.4, -0.2) is 6.54 Å². The molecule has 0 saturated heterocycles. The Morgan fingerprint density at radius 1 is 1.36 bits per heavy atom. The lowest BCUT2D eigenvalue weighted by molar-refractivity contribution is 0.627. The fourth-order valence-electron chi connectivity index (χ4n) is 1.21. The van der Waals surface area contributed by atoms with Crippen LogP contribution >= 0.6 is 0 Å². The second-order valence-corrected chi connectivity index (χ2v) is 3.47. The smallest absolute Gasteiger partial charge is 0.123 e. The minimum Gasteiger partial charge on any atom is -0.330 e. The molecule has 1 aromatic carbocycles. The van der Waals surface area contributed by atoms with Gasteiger partial charge in [0.05, 0.1) is 0 Å². The maximum absolute atomic E-state index is 12.6. The summed E-state index contributed by atoms with van der Waals surface area (Å²) in [6.07, 6.45) is 5.08. The van der Waals surface area contributed by atoms with Gasteiger partial charge >= 0.3 is 0 Å². The molecule has 1 nitrogen and oxygen atoms in total. The van der Waals surface area contributed by atoms with E-state index < -0.39 is 0 Å². The van der Waals surface area contributed by atoms with E-state index in [1.165, 1.54) is 12.1 Å². The Morgan fingerprint density at radius 3 is 2.57 bits per heavy atom. The van der Waals surface area contributed by atoms with Gasteiger partial charge in [0.15, 0.2) is 0 Å². The summed E-state index contributed by atoms with van der Waals surface area (Å²) in [5.41, 5.74) is 6.46. The summed E-state index contributed by atoms with van der Waals surface area (Å²) < 4.78 is 12.6. The summed E-state index contributed by atoms with van der Waals surface area (Å²) >= 11 is 0. The molecule has 2 heteroatoms. The Labute approximate surface area is 84.4 Å². The Bertz CT molecular complexity index is 290. The van der Waals surface area contributed by atoms with Crippen LogP contribution in [0.3, 0.4) is 0 Å². The molecule has 1 unspecified atom stereocenters. The first kappa shape index (κ1) is 10.9. The fourth-order valence-corrected chi connectivity index (χ4v) is 1.21. The molecule has 0 aliphatic heterocycles. The lowest BCUT2D eigenvalue weighted by atomic mass is 10.1. The van der Waals surface area contributed by atoms with E-state index in [2.05, 4.69) is 13.0 Å². The van der Waals surface area contributed by atoms with Crippen molar-refractivity contribution in [2.24, 2.45) is 11.7 Å². The largest absolute Gasteiger partial charge is 0.330 e. The van der Waals surface area contributed by atoms with Gasteiger partial charge in [-0.1, -0.05) is 31.2 Å². The summed E-state index contributed by atoms with van der Waals surface area (Å²) in [5.74, 6) is 0.280. The molecule has 76 valence electrons. The summed E-state index contributed by atoms with van der Waals surface area (Å²) in [4.78, 5) is 0. The zero-order valence-corrected chi connectivity index (χ0v) is 8.41. The van der Waals surface area contributed by atoms with E-state index in [0.29, 0.717) is 12.5 Å². The van der Waals surface area contributed by atoms with Crippen LogP contribution in [0.25, 0.3) is 6.08 Å². The monoisotopic (exact) mass is 193 g/mol. The summed E-state index contributed by atoms with van der Waals surface area (Å²) in [5, 5.41) is 0. The summed E-state index contributed by atoms with van der Waals surface area (Å²) in [6.45, 7) is 2.82. The summed E-state index contributed by atoms with van der Waals surface area (Å²) in [6, 6.07) is 6.46. The predicted molar refractivity (Wildman–Crippen MR) is 58.3 cm³/mol. The molecule has 0 heterocycles. The van der Waals surface area contributed by atoms with Crippen molar-refractivity contribution in [1.82, 2.24) is 0 Å². The van der Waals surface area contributed by atoms with Gasteiger partial charge in [-0.3, -0.25) is 0 Å². The van der Waals surface area contributed by atoms with Crippen molar-refractivity contribution in [3.05, 3.63) is 41.7 Å². The average Bonchev–Trinajstić information content (AvgIpc) is 2.17. The topological polar surface area (TPSA) is 26.0 Å². The molecule has 0 radical (unpaired) electrons. The third-order valence-electron chi connectivity index (χ3n) is 2.11. The standard InChI is InChI=1S/C12H16FN/c1-10(8-9-14)2-3-11-4-6-12(13)7-5-11/h2-7,10H,8-9,14H2,1H3/b3-2+. The van der Waals surface area contributed by atoms with Crippen molar-refractivity contribution in [2.75, 3.05) is 6.54 Å².